The number of nitrogens with one attached hydrogen (secondary N) is 1. The maximum Gasteiger partial charge on any atom is 0.0878 e. The molecule has 0 saturated heterocycles. The zero-order chi connectivity index (χ0) is 20.2. The van der Waals surface area contributed by atoms with Crippen molar-refractivity contribution >= 4 is 22.3 Å². The topological polar surface area (TPSA) is 64.5 Å². The number of oxime groups is 1. The first-order valence-corrected chi connectivity index (χ1v) is 9.62. The van der Waals surface area contributed by atoms with Gasteiger partial charge in [0.1, 0.15) is 0 Å². The van der Waals surface area contributed by atoms with Gasteiger partial charge in [0.15, 0.2) is 0 Å². The van der Waals surface area contributed by atoms with Gasteiger partial charge in [0.25, 0.3) is 0 Å². The largest absolute Gasteiger partial charge is 0.411 e. The summed E-state index contributed by atoms with van der Waals surface area (Å²) in [6, 6.07) is 20.6. The number of anilines is 1. The molecule has 2 aromatic heterocycles. The van der Waals surface area contributed by atoms with Gasteiger partial charge in [0, 0.05) is 67.2 Å². The lowest BCUT2D eigenvalue weighted by atomic mass is 9.85. The predicted molar refractivity (Wildman–Crippen MR) is 118 cm³/mol. The molecule has 4 aromatic rings. The first-order chi connectivity index (χ1) is 14.2. The van der Waals surface area contributed by atoms with Crippen LogP contribution in [0.15, 0.2) is 84.4 Å². The van der Waals surface area contributed by atoms with Gasteiger partial charge in [0.2, 0.25) is 0 Å². The predicted octanol–water partition coefficient (Wildman–Crippen LogP) is 5.03. The monoisotopic (exact) mass is 384 g/mol. The molecule has 0 saturated carbocycles. The highest BCUT2D eigenvalue weighted by atomic mass is 16.4. The maximum absolute atomic E-state index is 9.76. The molecule has 0 aliphatic rings. The number of nitrogens with zero attached hydrogens (tertiary/aromatic N) is 3. The number of benzene rings is 2. The van der Waals surface area contributed by atoms with E-state index in [1.165, 1.54) is 16.5 Å². The van der Waals surface area contributed by atoms with Gasteiger partial charge in [-0.15, -0.1) is 0 Å². The number of aromatic nitrogens is 2. The highest BCUT2D eigenvalue weighted by molar-refractivity contribution is 6.01. The molecule has 2 heterocycles. The minimum absolute atomic E-state index is 0.0430. The van der Waals surface area contributed by atoms with E-state index in [1.54, 1.807) is 12.4 Å². The second kappa shape index (κ2) is 8.19. The summed E-state index contributed by atoms with van der Waals surface area (Å²) in [5, 5.41) is 14.6. The summed E-state index contributed by atoms with van der Waals surface area (Å²) in [6.45, 7) is 0. The van der Waals surface area contributed by atoms with E-state index >= 15 is 0 Å². The average Bonchev–Trinajstić information content (AvgIpc) is 3.19. The lowest BCUT2D eigenvalue weighted by Gasteiger charge is -2.20. The van der Waals surface area contributed by atoms with Crippen molar-refractivity contribution in [3.8, 4) is 0 Å². The van der Waals surface area contributed by atoms with Crippen LogP contribution < -0.4 is 4.90 Å². The molecule has 29 heavy (non-hydrogen) atoms. The van der Waals surface area contributed by atoms with Gasteiger partial charge in [0.05, 0.1) is 5.71 Å². The molecule has 0 spiro atoms. The molecular formula is C24H24N4O. The number of H-pyrrole nitrogens is 1. The third-order valence-electron chi connectivity index (χ3n) is 5.34. The first-order valence-electron chi connectivity index (χ1n) is 9.62. The van der Waals surface area contributed by atoms with Gasteiger partial charge in [-0.3, -0.25) is 4.98 Å². The number of rotatable bonds is 6. The number of hydrogen-bond donors (Lipinski definition) is 2. The van der Waals surface area contributed by atoms with E-state index in [1.807, 2.05) is 32.3 Å². The summed E-state index contributed by atoms with van der Waals surface area (Å²) in [5.74, 6) is 0.0430. The zero-order valence-electron chi connectivity index (χ0n) is 16.6. The number of pyridine rings is 1. The van der Waals surface area contributed by atoms with E-state index in [9.17, 15) is 5.21 Å². The third-order valence-corrected chi connectivity index (χ3v) is 5.34. The maximum atomic E-state index is 9.76. The van der Waals surface area contributed by atoms with Gasteiger partial charge < -0.3 is 15.1 Å². The minimum atomic E-state index is 0.0430. The van der Waals surface area contributed by atoms with E-state index in [-0.39, 0.29) is 5.92 Å². The minimum Gasteiger partial charge on any atom is -0.411 e. The zero-order valence-corrected chi connectivity index (χ0v) is 16.6. The van der Waals surface area contributed by atoms with Crippen LogP contribution >= 0.6 is 0 Å². The van der Waals surface area contributed by atoms with Crippen LogP contribution in [-0.2, 0) is 0 Å². The average molecular weight is 384 g/mol. The molecule has 1 unspecified atom stereocenters. The lowest BCUT2D eigenvalue weighted by Crippen LogP contribution is -2.11. The Morgan fingerprint density at radius 1 is 1.03 bits per heavy atom. The summed E-state index contributed by atoms with van der Waals surface area (Å²) >= 11 is 0. The molecule has 2 aromatic carbocycles. The van der Waals surface area contributed by atoms with Gasteiger partial charge in [-0.2, -0.15) is 0 Å². The van der Waals surface area contributed by atoms with Crippen LogP contribution in [0.1, 0.15) is 29.0 Å². The van der Waals surface area contributed by atoms with Gasteiger partial charge in [-0.25, -0.2) is 0 Å². The molecule has 0 aliphatic carbocycles. The van der Waals surface area contributed by atoms with E-state index < -0.39 is 0 Å². The standard InChI is InChI=1S/C24H24N4O/c1-28(2)19-9-7-17(8-10-19)21(15-24(27-29)18-11-13-25-14-12-18)22-16-26-23-6-4-3-5-20(22)23/h3-14,16,21,26,29H,15H2,1-2H3. The van der Waals surface area contributed by atoms with E-state index in [0.717, 1.165) is 16.8 Å². The lowest BCUT2D eigenvalue weighted by molar-refractivity contribution is 0.317. The van der Waals surface area contributed by atoms with Crippen molar-refractivity contribution in [2.75, 3.05) is 19.0 Å². The SMILES string of the molecule is CN(C)c1ccc(C(CC(=NO)c2ccncc2)c2c[nH]c3ccccc23)cc1. The fraction of sp³-hybridized carbons (Fsp3) is 0.167. The van der Waals surface area contributed by atoms with Crippen molar-refractivity contribution in [2.45, 2.75) is 12.3 Å². The fourth-order valence-electron chi connectivity index (χ4n) is 3.75. The number of aromatic amines is 1. The molecule has 0 aliphatic heterocycles. The van der Waals surface area contributed by atoms with Crippen molar-refractivity contribution in [3.05, 3.63) is 95.9 Å². The molecule has 0 fully saturated rings. The molecule has 0 bridgehead atoms. The second-order valence-electron chi connectivity index (χ2n) is 7.31. The number of para-hydroxylation sites is 1. The van der Waals surface area contributed by atoms with Crippen molar-refractivity contribution < 1.29 is 5.21 Å². The Kier molecular flexibility index (Phi) is 5.29. The van der Waals surface area contributed by atoms with Crippen LogP contribution in [0.4, 0.5) is 5.69 Å². The van der Waals surface area contributed by atoms with Gasteiger partial charge >= 0.3 is 0 Å². The summed E-state index contributed by atoms with van der Waals surface area (Å²) < 4.78 is 0. The molecule has 0 amide bonds. The van der Waals surface area contributed by atoms with E-state index in [2.05, 4.69) is 68.7 Å². The van der Waals surface area contributed by atoms with Crippen LogP contribution in [0.3, 0.4) is 0 Å². The third kappa shape index (κ3) is 3.85. The quantitative estimate of drug-likeness (QED) is 0.278. The number of fused-ring (bicyclic) bond motifs is 1. The number of hydrogen-bond acceptors (Lipinski definition) is 4. The normalized spacial score (nSPS) is 12.8. The Labute approximate surface area is 170 Å². The van der Waals surface area contributed by atoms with Crippen LogP contribution in [0.2, 0.25) is 0 Å². The van der Waals surface area contributed by atoms with Gasteiger partial charge in [-0.1, -0.05) is 35.5 Å². The van der Waals surface area contributed by atoms with Gasteiger partial charge in [-0.05, 0) is 41.5 Å². The van der Waals surface area contributed by atoms with Crippen molar-refractivity contribution in [1.29, 1.82) is 0 Å². The van der Waals surface area contributed by atoms with E-state index in [4.69, 9.17) is 0 Å². The second-order valence-corrected chi connectivity index (χ2v) is 7.31. The molecule has 5 nitrogen and oxygen atoms in total. The Morgan fingerprint density at radius 2 is 1.76 bits per heavy atom. The van der Waals surface area contributed by atoms with Crippen LogP contribution in [0, 0.1) is 0 Å². The Hall–Kier alpha value is -3.60. The Bertz CT molecular complexity index is 1110. The molecule has 2 N–H and O–H groups in total. The van der Waals surface area contributed by atoms with E-state index in [0.29, 0.717) is 12.1 Å². The highest BCUT2D eigenvalue weighted by Crippen LogP contribution is 2.35. The Morgan fingerprint density at radius 3 is 2.45 bits per heavy atom. The molecule has 146 valence electrons. The molecular weight excluding hydrogens is 360 g/mol. The van der Waals surface area contributed by atoms with Crippen LogP contribution in [0.25, 0.3) is 10.9 Å². The highest BCUT2D eigenvalue weighted by Gasteiger charge is 2.21. The van der Waals surface area contributed by atoms with Crippen molar-refractivity contribution in [1.82, 2.24) is 9.97 Å². The summed E-state index contributed by atoms with van der Waals surface area (Å²) in [6.07, 6.45) is 6.07. The Balaban J connectivity index is 1.78. The summed E-state index contributed by atoms with van der Waals surface area (Å²) in [5.41, 5.74) is 6.13. The summed E-state index contributed by atoms with van der Waals surface area (Å²) in [7, 11) is 4.07. The fourth-order valence-corrected chi connectivity index (χ4v) is 3.75. The molecule has 1 atom stereocenters. The molecule has 5 heteroatoms. The first kappa shape index (κ1) is 18.7. The van der Waals surface area contributed by atoms with Crippen LogP contribution in [-0.4, -0.2) is 35.0 Å². The smallest absolute Gasteiger partial charge is 0.0878 e. The van der Waals surface area contributed by atoms with Crippen molar-refractivity contribution in [3.63, 3.8) is 0 Å². The molecule has 0 radical (unpaired) electrons. The summed E-state index contributed by atoms with van der Waals surface area (Å²) in [4.78, 5) is 9.53. The molecule has 4 rings (SSSR count). The van der Waals surface area contributed by atoms with Crippen LogP contribution in [0.5, 0.6) is 0 Å². The van der Waals surface area contributed by atoms with Crippen molar-refractivity contribution in [2.24, 2.45) is 5.16 Å².